The molecule has 0 saturated heterocycles. The molecule has 1 N–H and O–H groups in total. The molecule has 2 aromatic rings. The molecule has 4 rings (SSSR count). The van der Waals surface area contributed by atoms with Gasteiger partial charge in [-0.25, -0.2) is 0 Å². The van der Waals surface area contributed by atoms with E-state index in [1.807, 2.05) is 66.4 Å². The van der Waals surface area contributed by atoms with Crippen LogP contribution in [0.4, 0.5) is 5.69 Å². The highest BCUT2D eigenvalue weighted by molar-refractivity contribution is 9.10. The highest BCUT2D eigenvalue weighted by Crippen LogP contribution is 2.42. The smallest absolute Gasteiger partial charge is 0.265 e. The SMILES string of the molecule is O=C(CN1C(=O)/C(=C\c2cccc(Br)c2)Sc2ccccc21)NCCCSC1CCCCC1. The summed E-state index contributed by atoms with van der Waals surface area (Å²) >= 11 is 6.99. The second kappa shape index (κ2) is 12.1. The number of halogens is 1. The number of amides is 2. The van der Waals surface area contributed by atoms with Gasteiger partial charge in [-0.05, 0) is 60.9 Å². The van der Waals surface area contributed by atoms with Crippen LogP contribution in [-0.4, -0.2) is 35.9 Å². The van der Waals surface area contributed by atoms with Crippen LogP contribution in [0, 0.1) is 0 Å². The maximum Gasteiger partial charge on any atom is 0.265 e. The van der Waals surface area contributed by atoms with Gasteiger partial charge in [-0.15, -0.1) is 0 Å². The van der Waals surface area contributed by atoms with E-state index in [0.717, 1.165) is 38.0 Å². The van der Waals surface area contributed by atoms with E-state index >= 15 is 0 Å². The van der Waals surface area contributed by atoms with Crippen molar-refractivity contribution in [2.24, 2.45) is 0 Å². The number of benzene rings is 2. The van der Waals surface area contributed by atoms with Gasteiger partial charge < -0.3 is 5.32 Å². The fourth-order valence-electron chi connectivity index (χ4n) is 4.15. The van der Waals surface area contributed by atoms with Crippen LogP contribution in [0.1, 0.15) is 44.1 Å². The number of anilines is 1. The molecule has 33 heavy (non-hydrogen) atoms. The molecule has 0 spiro atoms. The van der Waals surface area contributed by atoms with Crippen LogP contribution in [0.15, 0.2) is 62.8 Å². The Morgan fingerprint density at radius 1 is 1.15 bits per heavy atom. The molecule has 4 nitrogen and oxygen atoms in total. The quantitative estimate of drug-likeness (QED) is 0.304. The number of fused-ring (bicyclic) bond motifs is 1. The highest BCUT2D eigenvalue weighted by Gasteiger charge is 2.30. The molecule has 1 heterocycles. The maximum atomic E-state index is 13.3. The second-order valence-electron chi connectivity index (χ2n) is 8.36. The van der Waals surface area contributed by atoms with Gasteiger partial charge in [-0.1, -0.05) is 71.2 Å². The standard InChI is InChI=1S/C26H29BrN2O2S2/c27-20-9-6-8-19(16-20)17-24-26(31)29(22-12-4-5-13-23(22)33-24)18-25(30)28-14-7-15-32-21-10-2-1-3-11-21/h4-6,8-9,12-13,16-17,21H,1-3,7,10-11,14-15,18H2,(H,28,30)/b24-17+. The summed E-state index contributed by atoms with van der Waals surface area (Å²) < 4.78 is 0.961. The predicted molar refractivity (Wildman–Crippen MR) is 144 cm³/mol. The minimum absolute atomic E-state index is 0.0298. The van der Waals surface area contributed by atoms with Crippen LogP contribution >= 0.6 is 39.5 Å². The van der Waals surface area contributed by atoms with Gasteiger partial charge in [0.2, 0.25) is 5.91 Å². The summed E-state index contributed by atoms with van der Waals surface area (Å²) in [6.07, 6.45) is 9.61. The Morgan fingerprint density at radius 2 is 1.97 bits per heavy atom. The molecule has 2 aromatic carbocycles. The Balaban J connectivity index is 1.36. The first-order valence-electron chi connectivity index (χ1n) is 11.5. The van der Waals surface area contributed by atoms with Crippen molar-refractivity contribution in [3.8, 4) is 0 Å². The second-order valence-corrected chi connectivity index (χ2v) is 11.8. The van der Waals surface area contributed by atoms with E-state index in [4.69, 9.17) is 0 Å². The Bertz CT molecular complexity index is 1020. The zero-order valence-corrected chi connectivity index (χ0v) is 21.8. The van der Waals surface area contributed by atoms with E-state index in [-0.39, 0.29) is 18.4 Å². The number of para-hydroxylation sites is 1. The molecule has 2 aliphatic rings. The summed E-state index contributed by atoms with van der Waals surface area (Å²) in [6, 6.07) is 15.6. The van der Waals surface area contributed by atoms with Gasteiger partial charge in [0.25, 0.3) is 5.91 Å². The predicted octanol–water partition coefficient (Wildman–Crippen LogP) is 6.50. The van der Waals surface area contributed by atoms with Gasteiger partial charge in [-0.3, -0.25) is 14.5 Å². The van der Waals surface area contributed by atoms with E-state index < -0.39 is 0 Å². The van der Waals surface area contributed by atoms with E-state index in [1.54, 1.807) is 4.90 Å². The van der Waals surface area contributed by atoms with E-state index in [2.05, 4.69) is 21.2 Å². The topological polar surface area (TPSA) is 49.4 Å². The Morgan fingerprint density at radius 3 is 2.79 bits per heavy atom. The van der Waals surface area contributed by atoms with Crippen molar-refractivity contribution in [3.63, 3.8) is 0 Å². The largest absolute Gasteiger partial charge is 0.355 e. The Labute approximate surface area is 213 Å². The first kappa shape index (κ1) is 24.4. The molecule has 174 valence electrons. The molecule has 7 heteroatoms. The summed E-state index contributed by atoms with van der Waals surface area (Å²) in [6.45, 7) is 0.680. The summed E-state index contributed by atoms with van der Waals surface area (Å²) in [4.78, 5) is 29.2. The Hall–Kier alpha value is -1.70. The number of thioether (sulfide) groups is 2. The van der Waals surface area contributed by atoms with Crippen molar-refractivity contribution in [1.82, 2.24) is 5.32 Å². The van der Waals surface area contributed by atoms with E-state index in [0.29, 0.717) is 11.4 Å². The van der Waals surface area contributed by atoms with Gasteiger partial charge in [0.05, 0.1) is 10.6 Å². The fourth-order valence-corrected chi connectivity index (χ4v) is 6.93. The maximum absolute atomic E-state index is 13.3. The third kappa shape index (κ3) is 6.90. The lowest BCUT2D eigenvalue weighted by atomic mass is 10.0. The molecule has 0 unspecified atom stereocenters. The Kier molecular flexibility index (Phi) is 8.98. The average molecular weight is 546 g/mol. The summed E-state index contributed by atoms with van der Waals surface area (Å²) in [5.41, 5.74) is 1.74. The number of nitrogens with one attached hydrogen (secondary N) is 1. The molecule has 0 radical (unpaired) electrons. The zero-order valence-electron chi connectivity index (χ0n) is 18.6. The lowest BCUT2D eigenvalue weighted by Gasteiger charge is -2.29. The van der Waals surface area contributed by atoms with Crippen LogP contribution in [-0.2, 0) is 9.59 Å². The summed E-state index contributed by atoms with van der Waals surface area (Å²) in [5.74, 6) is 0.822. The molecule has 1 fully saturated rings. The fraction of sp³-hybridized carbons (Fsp3) is 0.385. The number of hydrogen-bond donors (Lipinski definition) is 1. The molecule has 1 aliphatic heterocycles. The monoisotopic (exact) mass is 544 g/mol. The number of nitrogens with zero attached hydrogens (tertiary/aromatic N) is 1. The van der Waals surface area contributed by atoms with Crippen molar-refractivity contribution < 1.29 is 9.59 Å². The van der Waals surface area contributed by atoms with E-state index in [1.165, 1.54) is 43.9 Å². The minimum atomic E-state index is -0.137. The first-order chi connectivity index (χ1) is 16.1. The number of hydrogen-bond acceptors (Lipinski definition) is 4. The van der Waals surface area contributed by atoms with Crippen molar-refractivity contribution in [1.29, 1.82) is 0 Å². The van der Waals surface area contributed by atoms with Crippen LogP contribution in [0.2, 0.25) is 0 Å². The summed E-state index contributed by atoms with van der Waals surface area (Å²) in [5, 5.41) is 3.81. The van der Waals surface area contributed by atoms with Gasteiger partial charge in [0.15, 0.2) is 0 Å². The number of rotatable bonds is 8. The molecule has 1 saturated carbocycles. The lowest BCUT2D eigenvalue weighted by Crippen LogP contribution is -2.43. The van der Waals surface area contributed by atoms with E-state index in [9.17, 15) is 9.59 Å². The average Bonchev–Trinajstić information content (AvgIpc) is 2.82. The van der Waals surface area contributed by atoms with Crippen molar-refractivity contribution >= 4 is 63.0 Å². The molecule has 1 aliphatic carbocycles. The lowest BCUT2D eigenvalue weighted by molar-refractivity contribution is -0.122. The van der Waals surface area contributed by atoms with Crippen LogP contribution in [0.5, 0.6) is 0 Å². The molecule has 0 atom stereocenters. The normalized spacial score (nSPS) is 17.8. The number of carbonyl (C=O) groups excluding carboxylic acids is 2. The molecule has 2 amide bonds. The van der Waals surface area contributed by atoms with Gasteiger partial charge in [0, 0.05) is 21.2 Å². The highest BCUT2D eigenvalue weighted by atomic mass is 79.9. The molecular formula is C26H29BrN2O2S2. The van der Waals surface area contributed by atoms with Crippen molar-refractivity contribution in [3.05, 3.63) is 63.5 Å². The van der Waals surface area contributed by atoms with Gasteiger partial charge >= 0.3 is 0 Å². The first-order valence-corrected chi connectivity index (χ1v) is 14.2. The minimum Gasteiger partial charge on any atom is -0.355 e. The van der Waals surface area contributed by atoms with Crippen molar-refractivity contribution in [2.75, 3.05) is 23.7 Å². The number of carbonyl (C=O) groups is 2. The molecular weight excluding hydrogens is 516 g/mol. The van der Waals surface area contributed by atoms with Gasteiger partial charge in [0.1, 0.15) is 6.54 Å². The van der Waals surface area contributed by atoms with Crippen LogP contribution < -0.4 is 10.2 Å². The van der Waals surface area contributed by atoms with Crippen LogP contribution in [0.3, 0.4) is 0 Å². The molecule has 0 aromatic heterocycles. The third-order valence-electron chi connectivity index (χ3n) is 5.83. The summed E-state index contributed by atoms with van der Waals surface area (Å²) in [7, 11) is 0. The third-order valence-corrected chi connectivity index (χ3v) is 8.87. The zero-order chi connectivity index (χ0) is 23.0. The van der Waals surface area contributed by atoms with Gasteiger partial charge in [-0.2, -0.15) is 11.8 Å². The van der Waals surface area contributed by atoms with Crippen LogP contribution in [0.25, 0.3) is 6.08 Å². The molecule has 0 bridgehead atoms. The van der Waals surface area contributed by atoms with Crippen molar-refractivity contribution in [2.45, 2.75) is 48.7 Å².